The van der Waals surface area contributed by atoms with Gasteiger partial charge in [0, 0.05) is 22.5 Å². The second kappa shape index (κ2) is 11.3. The van der Waals surface area contributed by atoms with Crippen molar-refractivity contribution in [2.45, 2.75) is 5.75 Å². The molecular weight excluding hydrogens is 422 g/mol. The first-order chi connectivity index (χ1) is 14.6. The molecule has 0 aromatic heterocycles. The molecule has 1 amide bonds. The number of anilines is 1. The molecule has 0 saturated heterocycles. The molecule has 0 heterocycles. The lowest BCUT2D eigenvalue weighted by Gasteiger charge is -2.09. The lowest BCUT2D eigenvalue weighted by atomic mass is 10.2. The molecule has 154 valence electrons. The molecule has 5 nitrogen and oxygen atoms in total. The van der Waals surface area contributed by atoms with E-state index in [-0.39, 0.29) is 12.4 Å². The number of carbonyl (C=O) groups is 2. The normalized spacial score (nSPS) is 10.3. The van der Waals surface area contributed by atoms with Gasteiger partial charge in [-0.25, -0.2) is 0 Å². The number of esters is 1. The molecule has 0 aliphatic heterocycles. The van der Waals surface area contributed by atoms with E-state index in [9.17, 15) is 9.59 Å². The molecule has 0 fully saturated rings. The largest absolute Gasteiger partial charge is 0.457 e. The molecule has 0 unspecified atom stereocenters. The summed E-state index contributed by atoms with van der Waals surface area (Å²) >= 11 is 7.33. The molecule has 7 heteroatoms. The maximum absolute atomic E-state index is 12.1. The van der Waals surface area contributed by atoms with Crippen molar-refractivity contribution >= 4 is 40.9 Å². The zero-order valence-corrected chi connectivity index (χ0v) is 17.6. The van der Waals surface area contributed by atoms with Crippen molar-refractivity contribution in [2.24, 2.45) is 0 Å². The van der Waals surface area contributed by atoms with E-state index < -0.39 is 11.9 Å². The van der Waals surface area contributed by atoms with Crippen molar-refractivity contribution in [2.75, 3.05) is 17.7 Å². The predicted molar refractivity (Wildman–Crippen MR) is 120 cm³/mol. The fourth-order valence-corrected chi connectivity index (χ4v) is 3.51. The van der Waals surface area contributed by atoms with Crippen molar-refractivity contribution in [1.29, 1.82) is 0 Å². The van der Waals surface area contributed by atoms with Gasteiger partial charge in [0.1, 0.15) is 11.5 Å². The summed E-state index contributed by atoms with van der Waals surface area (Å²) < 4.78 is 10.8. The Morgan fingerprint density at radius 3 is 2.47 bits per heavy atom. The highest BCUT2D eigenvalue weighted by atomic mass is 35.5. The quantitative estimate of drug-likeness (QED) is 0.441. The average molecular weight is 442 g/mol. The number of benzene rings is 3. The number of rotatable bonds is 9. The Bertz CT molecular complexity index is 997. The molecule has 3 aromatic carbocycles. The van der Waals surface area contributed by atoms with E-state index in [0.717, 1.165) is 5.56 Å². The molecule has 0 saturated carbocycles. The third-order valence-electron chi connectivity index (χ3n) is 3.84. The van der Waals surface area contributed by atoms with Crippen LogP contribution in [-0.4, -0.2) is 24.2 Å². The molecule has 0 aliphatic carbocycles. The van der Waals surface area contributed by atoms with Crippen LogP contribution in [0.5, 0.6) is 11.5 Å². The standard InChI is InChI=1S/C23H20ClNO4S/c24-18-7-4-6-17(12-18)15-30-16-23(27)28-14-22(26)25-19-8-5-11-21(13-19)29-20-9-2-1-3-10-20/h1-13H,14-16H2,(H,25,26). The van der Waals surface area contributed by atoms with Crippen LogP contribution < -0.4 is 10.1 Å². The summed E-state index contributed by atoms with van der Waals surface area (Å²) in [5.41, 5.74) is 1.58. The van der Waals surface area contributed by atoms with Gasteiger partial charge in [-0.15, -0.1) is 11.8 Å². The first kappa shape index (κ1) is 21.7. The highest BCUT2D eigenvalue weighted by Gasteiger charge is 2.09. The van der Waals surface area contributed by atoms with Gasteiger partial charge >= 0.3 is 5.97 Å². The molecule has 3 rings (SSSR count). The van der Waals surface area contributed by atoms with Crippen LogP contribution in [0.1, 0.15) is 5.56 Å². The number of para-hydroxylation sites is 1. The monoisotopic (exact) mass is 441 g/mol. The van der Waals surface area contributed by atoms with Crippen LogP contribution in [0.2, 0.25) is 5.02 Å². The summed E-state index contributed by atoms with van der Waals surface area (Å²) in [6, 6.07) is 23.8. The topological polar surface area (TPSA) is 64.6 Å². The van der Waals surface area contributed by atoms with Crippen molar-refractivity contribution in [3.05, 3.63) is 89.4 Å². The minimum Gasteiger partial charge on any atom is -0.457 e. The summed E-state index contributed by atoms with van der Waals surface area (Å²) in [4.78, 5) is 23.9. The Morgan fingerprint density at radius 2 is 1.67 bits per heavy atom. The lowest BCUT2D eigenvalue weighted by molar-refractivity contribution is -0.144. The van der Waals surface area contributed by atoms with E-state index in [1.54, 1.807) is 30.3 Å². The fourth-order valence-electron chi connectivity index (χ4n) is 2.53. The number of ether oxygens (including phenoxy) is 2. The Labute approximate surface area is 184 Å². The minimum absolute atomic E-state index is 0.153. The first-order valence-corrected chi connectivity index (χ1v) is 10.7. The Morgan fingerprint density at radius 1 is 0.900 bits per heavy atom. The number of nitrogens with one attached hydrogen (secondary N) is 1. The summed E-state index contributed by atoms with van der Waals surface area (Å²) in [6.07, 6.45) is 0. The minimum atomic E-state index is -0.446. The van der Waals surface area contributed by atoms with Gasteiger partial charge in [0.15, 0.2) is 6.61 Å². The molecule has 3 aromatic rings. The van der Waals surface area contributed by atoms with E-state index in [2.05, 4.69) is 5.32 Å². The van der Waals surface area contributed by atoms with Crippen LogP contribution in [0.25, 0.3) is 0 Å². The van der Waals surface area contributed by atoms with E-state index in [4.69, 9.17) is 21.1 Å². The van der Waals surface area contributed by atoms with Gasteiger partial charge in [-0.3, -0.25) is 9.59 Å². The van der Waals surface area contributed by atoms with Crippen LogP contribution in [-0.2, 0) is 20.1 Å². The van der Waals surface area contributed by atoms with Crippen molar-refractivity contribution in [1.82, 2.24) is 0 Å². The second-order valence-electron chi connectivity index (χ2n) is 6.27. The zero-order valence-electron chi connectivity index (χ0n) is 16.0. The maximum Gasteiger partial charge on any atom is 0.316 e. The Kier molecular flexibility index (Phi) is 8.18. The molecule has 0 aliphatic rings. The van der Waals surface area contributed by atoms with Gasteiger partial charge in [-0.2, -0.15) is 0 Å². The number of halogens is 1. The van der Waals surface area contributed by atoms with Gasteiger partial charge in [0.05, 0.1) is 5.75 Å². The SMILES string of the molecule is O=C(COC(=O)CSCc1cccc(Cl)c1)Nc1cccc(Oc2ccccc2)c1. The van der Waals surface area contributed by atoms with Gasteiger partial charge < -0.3 is 14.8 Å². The number of thioether (sulfide) groups is 1. The molecular formula is C23H20ClNO4S. The number of carbonyl (C=O) groups excluding carboxylic acids is 2. The summed E-state index contributed by atoms with van der Waals surface area (Å²) in [5, 5.41) is 3.35. The number of hydrogen-bond donors (Lipinski definition) is 1. The van der Waals surface area contributed by atoms with Gasteiger partial charge in [0.2, 0.25) is 0 Å². The smallest absolute Gasteiger partial charge is 0.316 e. The average Bonchev–Trinajstić information content (AvgIpc) is 2.73. The predicted octanol–water partition coefficient (Wildman–Crippen LogP) is 5.55. The summed E-state index contributed by atoms with van der Waals surface area (Å²) in [5.74, 6) is 1.22. The molecule has 0 atom stereocenters. The third-order valence-corrected chi connectivity index (χ3v) is 5.05. The van der Waals surface area contributed by atoms with E-state index >= 15 is 0 Å². The Balaban J connectivity index is 1.40. The Hall–Kier alpha value is -2.96. The van der Waals surface area contributed by atoms with E-state index in [1.807, 2.05) is 48.5 Å². The lowest BCUT2D eigenvalue weighted by Crippen LogP contribution is -2.21. The van der Waals surface area contributed by atoms with Crippen LogP contribution >= 0.6 is 23.4 Å². The molecule has 0 radical (unpaired) electrons. The molecule has 30 heavy (non-hydrogen) atoms. The second-order valence-corrected chi connectivity index (χ2v) is 7.70. The first-order valence-electron chi connectivity index (χ1n) is 9.19. The van der Waals surface area contributed by atoms with Crippen molar-refractivity contribution in [3.8, 4) is 11.5 Å². The number of amides is 1. The van der Waals surface area contributed by atoms with Crippen molar-refractivity contribution in [3.63, 3.8) is 0 Å². The molecule has 0 bridgehead atoms. The zero-order chi connectivity index (χ0) is 21.2. The van der Waals surface area contributed by atoms with Crippen LogP contribution in [0.3, 0.4) is 0 Å². The van der Waals surface area contributed by atoms with Crippen molar-refractivity contribution < 1.29 is 19.1 Å². The van der Waals surface area contributed by atoms with Gasteiger partial charge in [-0.05, 0) is 42.0 Å². The van der Waals surface area contributed by atoms with Crippen LogP contribution in [0.4, 0.5) is 5.69 Å². The number of hydrogen-bond acceptors (Lipinski definition) is 5. The maximum atomic E-state index is 12.1. The third kappa shape index (κ3) is 7.46. The highest BCUT2D eigenvalue weighted by Crippen LogP contribution is 2.23. The van der Waals surface area contributed by atoms with Gasteiger partial charge in [-0.1, -0.05) is 48.0 Å². The fraction of sp³-hybridized carbons (Fsp3) is 0.130. The van der Waals surface area contributed by atoms with Crippen LogP contribution in [0, 0.1) is 0 Å². The molecule has 0 spiro atoms. The van der Waals surface area contributed by atoms with Crippen LogP contribution in [0.15, 0.2) is 78.9 Å². The van der Waals surface area contributed by atoms with E-state index in [0.29, 0.717) is 28.0 Å². The summed E-state index contributed by atoms with van der Waals surface area (Å²) in [6.45, 7) is -0.347. The van der Waals surface area contributed by atoms with Gasteiger partial charge in [0.25, 0.3) is 5.91 Å². The van der Waals surface area contributed by atoms with E-state index in [1.165, 1.54) is 11.8 Å². The highest BCUT2D eigenvalue weighted by molar-refractivity contribution is 7.99. The molecule has 1 N–H and O–H groups in total. The summed E-state index contributed by atoms with van der Waals surface area (Å²) in [7, 11) is 0.